The number of halogens is 1. The molecule has 0 aliphatic heterocycles. The molecule has 0 unspecified atom stereocenters. The molecule has 0 radical (unpaired) electrons. The predicted octanol–water partition coefficient (Wildman–Crippen LogP) is 5.80. The van der Waals surface area contributed by atoms with Crippen LogP contribution in [0.5, 0.6) is 0 Å². The lowest BCUT2D eigenvalue weighted by Crippen LogP contribution is -1.91. The number of rotatable bonds is 2. The van der Waals surface area contributed by atoms with Crippen LogP contribution in [0.25, 0.3) is 33.3 Å². The number of aromatic nitrogens is 1. The highest BCUT2D eigenvalue weighted by Crippen LogP contribution is 2.33. The Hall–Kier alpha value is -2.84. The molecule has 0 aliphatic carbocycles. The van der Waals surface area contributed by atoms with Gasteiger partial charge in [0.25, 0.3) is 0 Å². The third kappa shape index (κ3) is 2.72. The largest absolute Gasteiger partial charge is 0.399 e. The van der Waals surface area contributed by atoms with E-state index >= 15 is 0 Å². The van der Waals surface area contributed by atoms with E-state index in [0.717, 1.165) is 39.0 Å². The molecule has 3 aromatic carbocycles. The zero-order valence-electron chi connectivity index (χ0n) is 12.9. The number of nitrogen functional groups attached to an aromatic ring is 1. The summed E-state index contributed by atoms with van der Waals surface area (Å²) in [6.45, 7) is 0. The maximum absolute atomic E-state index is 6.21. The molecule has 0 saturated heterocycles. The first-order valence-electron chi connectivity index (χ1n) is 7.72. The fourth-order valence-corrected chi connectivity index (χ4v) is 3.07. The van der Waals surface area contributed by atoms with E-state index in [1.165, 1.54) is 0 Å². The third-order valence-electron chi connectivity index (χ3n) is 4.04. The lowest BCUT2D eigenvalue weighted by Gasteiger charge is -2.11. The lowest BCUT2D eigenvalue weighted by molar-refractivity contribution is 1.40. The number of nitrogens with zero attached hydrogens (tertiary/aromatic N) is 1. The van der Waals surface area contributed by atoms with Crippen LogP contribution in [0, 0.1) is 0 Å². The van der Waals surface area contributed by atoms with Crippen molar-refractivity contribution in [2.45, 2.75) is 0 Å². The summed E-state index contributed by atoms with van der Waals surface area (Å²) >= 11 is 6.21. The summed E-state index contributed by atoms with van der Waals surface area (Å²) in [6, 6.07) is 26.0. The number of nitrogens with two attached hydrogens (primary N) is 1. The van der Waals surface area contributed by atoms with E-state index in [2.05, 4.69) is 18.2 Å². The van der Waals surface area contributed by atoms with Crippen molar-refractivity contribution < 1.29 is 0 Å². The van der Waals surface area contributed by atoms with Crippen molar-refractivity contribution >= 4 is 28.2 Å². The molecule has 3 heteroatoms. The van der Waals surface area contributed by atoms with Crippen molar-refractivity contribution in [3.8, 4) is 22.4 Å². The first kappa shape index (κ1) is 14.7. The van der Waals surface area contributed by atoms with E-state index < -0.39 is 0 Å². The second-order valence-corrected chi connectivity index (χ2v) is 6.14. The number of pyridine rings is 1. The Morgan fingerprint density at radius 3 is 2.33 bits per heavy atom. The molecule has 0 fully saturated rings. The van der Waals surface area contributed by atoms with Crippen molar-refractivity contribution in [2.24, 2.45) is 0 Å². The number of fused-ring (bicyclic) bond motifs is 1. The van der Waals surface area contributed by atoms with E-state index in [-0.39, 0.29) is 0 Å². The van der Waals surface area contributed by atoms with Gasteiger partial charge in [-0.2, -0.15) is 0 Å². The molecule has 24 heavy (non-hydrogen) atoms. The Bertz CT molecular complexity index is 1030. The van der Waals surface area contributed by atoms with Gasteiger partial charge < -0.3 is 5.73 Å². The SMILES string of the molecule is Nc1cccc(-c2cc(-c3ccccc3)c3cc(Cl)ccc3n2)c1. The quantitative estimate of drug-likeness (QED) is 0.471. The number of anilines is 1. The summed E-state index contributed by atoms with van der Waals surface area (Å²) < 4.78 is 0. The summed E-state index contributed by atoms with van der Waals surface area (Å²) in [7, 11) is 0. The minimum Gasteiger partial charge on any atom is -0.399 e. The first-order chi connectivity index (χ1) is 11.7. The molecular weight excluding hydrogens is 316 g/mol. The molecular formula is C21H15ClN2. The van der Waals surface area contributed by atoms with Crippen LogP contribution < -0.4 is 5.73 Å². The average Bonchev–Trinajstić information content (AvgIpc) is 2.61. The topological polar surface area (TPSA) is 38.9 Å². The van der Waals surface area contributed by atoms with Crippen molar-refractivity contribution in [1.82, 2.24) is 4.98 Å². The molecule has 2 nitrogen and oxygen atoms in total. The smallest absolute Gasteiger partial charge is 0.0716 e. The van der Waals surface area contributed by atoms with Crippen LogP contribution in [-0.2, 0) is 0 Å². The van der Waals surface area contributed by atoms with Crippen LogP contribution in [0.2, 0.25) is 5.02 Å². The second kappa shape index (κ2) is 5.99. The van der Waals surface area contributed by atoms with Gasteiger partial charge in [-0.1, -0.05) is 54.1 Å². The zero-order chi connectivity index (χ0) is 16.5. The zero-order valence-corrected chi connectivity index (χ0v) is 13.7. The summed E-state index contributed by atoms with van der Waals surface area (Å²) in [5.74, 6) is 0. The van der Waals surface area contributed by atoms with E-state index in [1.807, 2.05) is 60.7 Å². The highest BCUT2D eigenvalue weighted by molar-refractivity contribution is 6.31. The second-order valence-electron chi connectivity index (χ2n) is 5.71. The summed E-state index contributed by atoms with van der Waals surface area (Å²) in [6.07, 6.45) is 0. The molecule has 0 saturated carbocycles. The van der Waals surface area contributed by atoms with Gasteiger partial charge >= 0.3 is 0 Å². The summed E-state index contributed by atoms with van der Waals surface area (Å²) in [4.78, 5) is 4.80. The molecule has 116 valence electrons. The van der Waals surface area contributed by atoms with E-state index in [9.17, 15) is 0 Å². The lowest BCUT2D eigenvalue weighted by atomic mass is 9.98. The van der Waals surface area contributed by atoms with Gasteiger partial charge in [0.2, 0.25) is 0 Å². The van der Waals surface area contributed by atoms with Gasteiger partial charge in [0.15, 0.2) is 0 Å². The van der Waals surface area contributed by atoms with Gasteiger partial charge in [-0.15, -0.1) is 0 Å². The van der Waals surface area contributed by atoms with Gasteiger partial charge in [0, 0.05) is 21.7 Å². The number of hydrogen-bond donors (Lipinski definition) is 1. The summed E-state index contributed by atoms with van der Waals surface area (Å²) in [5, 5.41) is 1.75. The fraction of sp³-hybridized carbons (Fsp3) is 0. The normalized spacial score (nSPS) is 10.9. The standard InChI is InChI=1S/C21H15ClN2/c22-16-9-10-20-19(12-16)18(14-5-2-1-3-6-14)13-21(24-20)15-7-4-8-17(23)11-15/h1-13H,23H2. The Balaban J connectivity index is 2.03. The Kier molecular flexibility index (Phi) is 3.68. The molecule has 0 amide bonds. The maximum Gasteiger partial charge on any atom is 0.0716 e. The minimum absolute atomic E-state index is 0.707. The molecule has 2 N–H and O–H groups in total. The molecule has 1 aromatic heterocycles. The molecule has 0 aliphatic rings. The van der Waals surface area contributed by atoms with Crippen molar-refractivity contribution in [1.29, 1.82) is 0 Å². The summed E-state index contributed by atoms with van der Waals surface area (Å²) in [5.41, 5.74) is 11.7. The Morgan fingerprint density at radius 2 is 1.54 bits per heavy atom. The van der Waals surface area contributed by atoms with Gasteiger partial charge in [0.05, 0.1) is 11.2 Å². The monoisotopic (exact) mass is 330 g/mol. The van der Waals surface area contributed by atoms with Crippen molar-refractivity contribution in [2.75, 3.05) is 5.73 Å². The van der Waals surface area contributed by atoms with Crippen molar-refractivity contribution in [3.05, 3.63) is 83.9 Å². The molecule has 4 aromatic rings. The van der Waals surface area contributed by atoms with Gasteiger partial charge in [-0.25, -0.2) is 4.98 Å². The van der Waals surface area contributed by atoms with Crippen LogP contribution in [0.15, 0.2) is 78.9 Å². The predicted molar refractivity (Wildman–Crippen MR) is 102 cm³/mol. The van der Waals surface area contributed by atoms with Crippen molar-refractivity contribution in [3.63, 3.8) is 0 Å². The number of benzene rings is 3. The first-order valence-corrected chi connectivity index (χ1v) is 8.10. The van der Waals surface area contributed by atoms with Gasteiger partial charge in [-0.05, 0) is 47.5 Å². The highest BCUT2D eigenvalue weighted by Gasteiger charge is 2.10. The van der Waals surface area contributed by atoms with Crippen LogP contribution in [0.4, 0.5) is 5.69 Å². The third-order valence-corrected chi connectivity index (χ3v) is 4.27. The molecule has 0 bridgehead atoms. The Morgan fingerprint density at radius 1 is 0.750 bits per heavy atom. The minimum atomic E-state index is 0.707. The highest BCUT2D eigenvalue weighted by atomic mass is 35.5. The molecule has 0 atom stereocenters. The van der Waals surface area contributed by atoms with E-state index in [1.54, 1.807) is 0 Å². The van der Waals surface area contributed by atoms with Crippen LogP contribution in [0.3, 0.4) is 0 Å². The van der Waals surface area contributed by atoms with Crippen LogP contribution in [0.1, 0.15) is 0 Å². The Labute approximate surface area is 145 Å². The molecule has 1 heterocycles. The van der Waals surface area contributed by atoms with E-state index in [0.29, 0.717) is 5.02 Å². The van der Waals surface area contributed by atoms with Crippen LogP contribution in [-0.4, -0.2) is 4.98 Å². The van der Waals surface area contributed by atoms with Gasteiger partial charge in [-0.3, -0.25) is 0 Å². The van der Waals surface area contributed by atoms with Gasteiger partial charge in [0.1, 0.15) is 0 Å². The molecule has 4 rings (SSSR count). The average molecular weight is 331 g/mol. The number of hydrogen-bond acceptors (Lipinski definition) is 2. The van der Waals surface area contributed by atoms with Crippen LogP contribution >= 0.6 is 11.6 Å². The maximum atomic E-state index is 6.21. The van der Waals surface area contributed by atoms with E-state index in [4.69, 9.17) is 22.3 Å². The molecule has 0 spiro atoms. The fourth-order valence-electron chi connectivity index (χ4n) is 2.90.